The Hall–Kier alpha value is -2.65. The molecule has 0 atom stereocenters. The first kappa shape index (κ1) is 19.7. The van der Waals surface area contributed by atoms with Crippen molar-refractivity contribution in [1.82, 2.24) is 9.78 Å². The number of aryl methyl sites for hydroxylation is 1. The molecule has 2 aromatic carbocycles. The van der Waals surface area contributed by atoms with E-state index in [1.54, 1.807) is 31.2 Å². The van der Waals surface area contributed by atoms with Gasteiger partial charge in [-0.2, -0.15) is 5.10 Å². The Morgan fingerprint density at radius 3 is 2.59 bits per heavy atom. The summed E-state index contributed by atoms with van der Waals surface area (Å²) in [5, 5.41) is 13.1. The summed E-state index contributed by atoms with van der Waals surface area (Å²) in [5.41, 5.74) is 2.86. The number of carbonyl (C=O) groups is 1. The fourth-order valence-electron chi connectivity index (χ4n) is 3.09. The van der Waals surface area contributed by atoms with Crippen molar-refractivity contribution in [3.63, 3.8) is 0 Å². The number of benzene rings is 2. The van der Waals surface area contributed by atoms with Crippen molar-refractivity contribution in [3.8, 4) is 5.69 Å². The van der Waals surface area contributed by atoms with Gasteiger partial charge < -0.3 is 5.32 Å². The number of nitrogens with zero attached hydrogens (tertiary/aromatic N) is 2. The van der Waals surface area contributed by atoms with E-state index in [1.165, 1.54) is 22.9 Å². The molecule has 1 aliphatic heterocycles. The van der Waals surface area contributed by atoms with Gasteiger partial charge in [-0.15, -0.1) is 0 Å². The maximum atomic E-state index is 12.5. The van der Waals surface area contributed by atoms with E-state index in [0.717, 1.165) is 0 Å². The van der Waals surface area contributed by atoms with Crippen LogP contribution < -0.4 is 10.5 Å². The number of nitrogens with one attached hydrogen (secondary N) is 1. The molecule has 3 aromatic rings. The average molecular weight is 449 g/mol. The molecular formula is C19H14Cl2N4O3S. The van der Waals surface area contributed by atoms with E-state index in [4.69, 9.17) is 28.3 Å². The van der Waals surface area contributed by atoms with Gasteiger partial charge in [0.2, 0.25) is 10.0 Å². The first-order valence-corrected chi connectivity index (χ1v) is 10.7. The van der Waals surface area contributed by atoms with E-state index in [9.17, 15) is 13.2 Å². The topological polar surface area (TPSA) is 107 Å². The van der Waals surface area contributed by atoms with E-state index in [2.05, 4.69) is 10.4 Å². The highest BCUT2D eigenvalue weighted by Crippen LogP contribution is 2.37. The average Bonchev–Trinajstić information content (AvgIpc) is 3.12. The molecule has 0 fully saturated rings. The summed E-state index contributed by atoms with van der Waals surface area (Å²) in [6.45, 7) is 1.75. The number of hydrogen-bond donors (Lipinski definition) is 2. The second-order valence-corrected chi connectivity index (χ2v) is 8.74. The lowest BCUT2D eigenvalue weighted by atomic mass is 10.0. The molecule has 0 saturated carbocycles. The fourth-order valence-corrected chi connectivity index (χ4v) is 4.17. The molecule has 29 heavy (non-hydrogen) atoms. The molecule has 7 nitrogen and oxygen atoms in total. The lowest BCUT2D eigenvalue weighted by Crippen LogP contribution is -2.12. The van der Waals surface area contributed by atoms with Gasteiger partial charge in [0, 0.05) is 22.4 Å². The molecule has 10 heteroatoms. The van der Waals surface area contributed by atoms with Gasteiger partial charge in [0.15, 0.2) is 0 Å². The Kier molecular flexibility index (Phi) is 4.74. The van der Waals surface area contributed by atoms with Crippen molar-refractivity contribution in [2.75, 3.05) is 5.32 Å². The predicted molar refractivity (Wildman–Crippen MR) is 113 cm³/mol. The summed E-state index contributed by atoms with van der Waals surface area (Å²) in [4.78, 5) is 12.4. The summed E-state index contributed by atoms with van der Waals surface area (Å²) >= 11 is 12.8. The zero-order valence-electron chi connectivity index (χ0n) is 15.0. The van der Waals surface area contributed by atoms with Gasteiger partial charge >= 0.3 is 0 Å². The van der Waals surface area contributed by atoms with Crippen LogP contribution in [0.2, 0.25) is 10.2 Å². The van der Waals surface area contributed by atoms with Crippen molar-refractivity contribution in [2.24, 2.45) is 5.14 Å². The van der Waals surface area contributed by atoms with E-state index in [1.807, 2.05) is 6.07 Å². The minimum atomic E-state index is -3.91. The van der Waals surface area contributed by atoms with Gasteiger partial charge in [0.1, 0.15) is 5.15 Å². The van der Waals surface area contributed by atoms with E-state index in [0.29, 0.717) is 33.2 Å². The molecule has 0 aliphatic carbocycles. The molecule has 4 rings (SSSR count). The third-order valence-corrected chi connectivity index (χ3v) is 6.11. The van der Waals surface area contributed by atoms with Crippen LogP contribution in [0.25, 0.3) is 17.3 Å². The Labute approximate surface area is 176 Å². The number of carbonyl (C=O) groups excluding carboxylic acids is 1. The van der Waals surface area contributed by atoms with Crippen LogP contribution in [0.3, 0.4) is 0 Å². The molecule has 2 heterocycles. The van der Waals surface area contributed by atoms with Crippen molar-refractivity contribution in [3.05, 3.63) is 69.5 Å². The SMILES string of the molecule is Cc1nn(-c2ccccc2Cl)c(Cl)c1/C=C1\C(=O)Nc2ccc(S(N)(=O)=O)cc21. The highest BCUT2D eigenvalue weighted by Gasteiger charge is 2.27. The first-order valence-electron chi connectivity index (χ1n) is 8.37. The Bertz CT molecular complexity index is 1310. The first-order chi connectivity index (χ1) is 13.7. The van der Waals surface area contributed by atoms with Crippen LogP contribution in [0.1, 0.15) is 16.8 Å². The third kappa shape index (κ3) is 3.44. The van der Waals surface area contributed by atoms with Crippen molar-refractivity contribution in [1.29, 1.82) is 0 Å². The van der Waals surface area contributed by atoms with Crippen LogP contribution in [0.15, 0.2) is 47.4 Å². The number of hydrogen-bond acceptors (Lipinski definition) is 4. The second-order valence-electron chi connectivity index (χ2n) is 6.42. The molecule has 0 radical (unpaired) electrons. The van der Waals surface area contributed by atoms with Gasteiger partial charge in [-0.25, -0.2) is 18.2 Å². The predicted octanol–water partition coefficient (Wildman–Crippen LogP) is 3.63. The molecular weight excluding hydrogens is 435 g/mol. The minimum absolute atomic E-state index is 0.0896. The van der Waals surface area contributed by atoms with Crippen molar-refractivity contribution < 1.29 is 13.2 Å². The van der Waals surface area contributed by atoms with E-state index >= 15 is 0 Å². The normalized spacial score (nSPS) is 14.9. The monoisotopic (exact) mass is 448 g/mol. The molecule has 148 valence electrons. The number of halogens is 2. The van der Waals surface area contributed by atoms with Crippen LogP contribution in [0.5, 0.6) is 0 Å². The Morgan fingerprint density at radius 1 is 1.17 bits per heavy atom. The van der Waals surface area contributed by atoms with Crippen LogP contribution in [0, 0.1) is 6.92 Å². The summed E-state index contributed by atoms with van der Waals surface area (Å²) < 4.78 is 24.9. The van der Waals surface area contributed by atoms with E-state index in [-0.39, 0.29) is 21.5 Å². The molecule has 1 aromatic heterocycles. The number of fused-ring (bicyclic) bond motifs is 1. The Balaban J connectivity index is 1.87. The molecule has 1 amide bonds. The van der Waals surface area contributed by atoms with Crippen molar-refractivity contribution in [2.45, 2.75) is 11.8 Å². The van der Waals surface area contributed by atoms with Crippen LogP contribution in [-0.4, -0.2) is 24.1 Å². The maximum absolute atomic E-state index is 12.5. The lowest BCUT2D eigenvalue weighted by molar-refractivity contribution is -0.110. The molecule has 3 N–H and O–H groups in total. The summed E-state index contributed by atoms with van der Waals surface area (Å²) in [5.74, 6) is -0.382. The fraction of sp³-hybridized carbons (Fsp3) is 0.0526. The zero-order valence-corrected chi connectivity index (χ0v) is 17.3. The van der Waals surface area contributed by atoms with Gasteiger partial charge in [-0.05, 0) is 43.3 Å². The number of anilines is 1. The van der Waals surface area contributed by atoms with Crippen LogP contribution >= 0.6 is 23.2 Å². The Morgan fingerprint density at radius 2 is 1.90 bits per heavy atom. The minimum Gasteiger partial charge on any atom is -0.321 e. The number of sulfonamides is 1. The number of rotatable bonds is 3. The third-order valence-electron chi connectivity index (χ3n) is 4.52. The summed E-state index contributed by atoms with van der Waals surface area (Å²) in [7, 11) is -3.91. The smallest absolute Gasteiger partial charge is 0.256 e. The molecule has 1 aliphatic rings. The lowest BCUT2D eigenvalue weighted by Gasteiger charge is -2.05. The number of aromatic nitrogens is 2. The number of para-hydroxylation sites is 1. The highest BCUT2D eigenvalue weighted by atomic mass is 35.5. The summed E-state index contributed by atoms with van der Waals surface area (Å²) in [6.07, 6.45) is 1.58. The largest absolute Gasteiger partial charge is 0.321 e. The number of primary sulfonamides is 1. The molecule has 0 unspecified atom stereocenters. The zero-order chi connectivity index (χ0) is 20.9. The van der Waals surface area contributed by atoms with Gasteiger partial charge in [-0.1, -0.05) is 35.3 Å². The molecule has 0 spiro atoms. The van der Waals surface area contributed by atoms with Gasteiger partial charge in [0.25, 0.3) is 5.91 Å². The maximum Gasteiger partial charge on any atom is 0.256 e. The quantitative estimate of drug-likeness (QED) is 0.596. The molecule has 0 saturated heterocycles. The van der Waals surface area contributed by atoms with E-state index < -0.39 is 10.0 Å². The van der Waals surface area contributed by atoms with Crippen LogP contribution in [0.4, 0.5) is 5.69 Å². The molecule has 0 bridgehead atoms. The number of amides is 1. The standard InChI is InChI=1S/C19H14Cl2N4O3S/c1-10-12(18(21)25(24-10)17-5-3-2-4-15(17)20)9-14-13-8-11(29(22,27)28)6-7-16(13)23-19(14)26/h2-9H,1H3,(H,23,26)(H2,22,27,28)/b14-9-. The van der Waals surface area contributed by atoms with Crippen LogP contribution in [-0.2, 0) is 14.8 Å². The summed E-state index contributed by atoms with van der Waals surface area (Å²) in [6, 6.07) is 11.3. The van der Waals surface area contributed by atoms with Gasteiger partial charge in [-0.3, -0.25) is 4.79 Å². The highest BCUT2D eigenvalue weighted by molar-refractivity contribution is 7.89. The van der Waals surface area contributed by atoms with Gasteiger partial charge in [0.05, 0.1) is 21.3 Å². The van der Waals surface area contributed by atoms with Crippen molar-refractivity contribution >= 4 is 56.5 Å². The second kappa shape index (κ2) is 7.00. The number of nitrogens with two attached hydrogens (primary N) is 1.